The highest BCUT2D eigenvalue weighted by Gasteiger charge is 2.37. The van der Waals surface area contributed by atoms with Crippen LogP contribution in [-0.2, 0) is 13.2 Å². The van der Waals surface area contributed by atoms with Gasteiger partial charge in [-0.15, -0.1) is 0 Å². The van der Waals surface area contributed by atoms with Gasteiger partial charge in [0.15, 0.2) is 5.65 Å². The van der Waals surface area contributed by atoms with Gasteiger partial charge in [-0.25, -0.2) is 14.1 Å². The molecule has 3 heterocycles. The van der Waals surface area contributed by atoms with E-state index in [1.54, 1.807) is 33.2 Å². The molecule has 4 aromatic rings. The monoisotopic (exact) mass is 403 g/mol. The lowest BCUT2D eigenvalue weighted by Gasteiger charge is -2.12. The SMILES string of the molecule is CC(C)c1nn(-c2ccc(F)cc2)c2nc(-c3ccn(C)n3)cc(C(F)(F)F)c12. The molecule has 9 heteroatoms. The van der Waals surface area contributed by atoms with Crippen LogP contribution in [0.2, 0.25) is 0 Å². The molecule has 0 unspecified atom stereocenters. The van der Waals surface area contributed by atoms with Gasteiger partial charge in [0.25, 0.3) is 0 Å². The lowest BCUT2D eigenvalue weighted by molar-refractivity contribution is -0.136. The average molecular weight is 403 g/mol. The number of rotatable bonds is 3. The van der Waals surface area contributed by atoms with Gasteiger partial charge in [-0.3, -0.25) is 4.68 Å². The first-order valence-electron chi connectivity index (χ1n) is 8.92. The van der Waals surface area contributed by atoms with Crippen molar-refractivity contribution in [1.82, 2.24) is 24.5 Å². The summed E-state index contributed by atoms with van der Waals surface area (Å²) in [7, 11) is 1.67. The third-order valence-electron chi connectivity index (χ3n) is 4.56. The zero-order valence-corrected chi connectivity index (χ0v) is 15.9. The summed E-state index contributed by atoms with van der Waals surface area (Å²) in [6.45, 7) is 3.53. The van der Waals surface area contributed by atoms with E-state index in [1.807, 2.05) is 0 Å². The van der Waals surface area contributed by atoms with Crippen LogP contribution < -0.4 is 0 Å². The molecule has 3 aromatic heterocycles. The number of hydrogen-bond acceptors (Lipinski definition) is 3. The van der Waals surface area contributed by atoms with E-state index in [0.29, 0.717) is 11.4 Å². The molecular weight excluding hydrogens is 386 g/mol. The topological polar surface area (TPSA) is 48.5 Å². The number of fused-ring (bicyclic) bond motifs is 1. The zero-order chi connectivity index (χ0) is 20.9. The normalized spacial score (nSPS) is 12.3. The molecule has 29 heavy (non-hydrogen) atoms. The van der Waals surface area contributed by atoms with Crippen LogP contribution in [0.4, 0.5) is 17.6 Å². The minimum atomic E-state index is -4.61. The number of aryl methyl sites for hydroxylation is 1. The van der Waals surface area contributed by atoms with Crippen LogP contribution in [0.3, 0.4) is 0 Å². The van der Waals surface area contributed by atoms with Crippen molar-refractivity contribution in [2.75, 3.05) is 0 Å². The fourth-order valence-corrected chi connectivity index (χ4v) is 3.22. The van der Waals surface area contributed by atoms with Crippen LogP contribution in [0.1, 0.15) is 31.0 Å². The molecule has 0 aliphatic heterocycles. The Labute approximate surface area is 163 Å². The molecule has 0 atom stereocenters. The number of alkyl halides is 3. The lowest BCUT2D eigenvalue weighted by atomic mass is 10.0. The molecule has 0 saturated carbocycles. The van der Waals surface area contributed by atoms with Crippen LogP contribution in [-0.4, -0.2) is 24.5 Å². The first kappa shape index (κ1) is 19.1. The Kier molecular flexibility index (Phi) is 4.40. The third-order valence-corrected chi connectivity index (χ3v) is 4.56. The summed E-state index contributed by atoms with van der Waals surface area (Å²) in [6.07, 6.45) is -2.98. The molecule has 0 radical (unpaired) electrons. The van der Waals surface area contributed by atoms with E-state index in [4.69, 9.17) is 0 Å². The second-order valence-corrected chi connectivity index (χ2v) is 7.05. The zero-order valence-electron chi connectivity index (χ0n) is 15.9. The molecule has 0 amide bonds. The van der Waals surface area contributed by atoms with Crippen molar-refractivity contribution in [3.8, 4) is 17.1 Å². The lowest BCUT2D eigenvalue weighted by Crippen LogP contribution is -2.08. The Hall–Kier alpha value is -3.23. The number of pyridine rings is 1. The van der Waals surface area contributed by atoms with E-state index in [-0.39, 0.29) is 28.3 Å². The first-order valence-corrected chi connectivity index (χ1v) is 8.92. The summed E-state index contributed by atoms with van der Waals surface area (Å²) in [5.41, 5.74) is 0.330. The minimum absolute atomic E-state index is 0.0517. The number of hydrogen-bond donors (Lipinski definition) is 0. The van der Waals surface area contributed by atoms with E-state index < -0.39 is 17.6 Å². The van der Waals surface area contributed by atoms with Crippen LogP contribution in [0.25, 0.3) is 28.1 Å². The first-order chi connectivity index (χ1) is 13.6. The molecule has 4 rings (SSSR count). The maximum absolute atomic E-state index is 14.0. The van der Waals surface area contributed by atoms with Gasteiger partial charge in [0, 0.05) is 13.2 Å². The minimum Gasteiger partial charge on any atom is -0.275 e. The summed E-state index contributed by atoms with van der Waals surface area (Å²) in [5.74, 6) is -0.727. The molecule has 0 aliphatic carbocycles. The van der Waals surface area contributed by atoms with Crippen molar-refractivity contribution in [2.24, 2.45) is 7.05 Å². The van der Waals surface area contributed by atoms with Gasteiger partial charge < -0.3 is 0 Å². The maximum Gasteiger partial charge on any atom is 0.417 e. The fraction of sp³-hybridized carbons (Fsp3) is 0.250. The number of benzene rings is 1. The molecule has 0 aliphatic rings. The van der Waals surface area contributed by atoms with Crippen molar-refractivity contribution in [3.63, 3.8) is 0 Å². The van der Waals surface area contributed by atoms with Crippen LogP contribution in [0.15, 0.2) is 42.6 Å². The molecule has 0 N–H and O–H groups in total. The van der Waals surface area contributed by atoms with E-state index in [2.05, 4.69) is 15.2 Å². The van der Waals surface area contributed by atoms with Gasteiger partial charge in [0.05, 0.1) is 28.0 Å². The highest BCUT2D eigenvalue weighted by molar-refractivity contribution is 5.87. The fourth-order valence-electron chi connectivity index (χ4n) is 3.22. The molecule has 150 valence electrons. The van der Waals surface area contributed by atoms with Crippen molar-refractivity contribution in [3.05, 3.63) is 59.7 Å². The summed E-state index contributed by atoms with van der Waals surface area (Å²) >= 11 is 0. The van der Waals surface area contributed by atoms with Crippen molar-refractivity contribution in [1.29, 1.82) is 0 Å². The standard InChI is InChI=1S/C20H17F4N5/c1-11(2)18-17-14(20(22,23)24)10-16(15-8-9-28(3)26-15)25-19(17)29(27-18)13-6-4-12(21)5-7-13/h4-11H,1-3H3. The summed E-state index contributed by atoms with van der Waals surface area (Å²) < 4.78 is 58.1. The smallest absolute Gasteiger partial charge is 0.275 e. The molecule has 5 nitrogen and oxygen atoms in total. The summed E-state index contributed by atoms with van der Waals surface area (Å²) in [6, 6.07) is 7.96. The Bertz CT molecular complexity index is 1190. The molecule has 1 aromatic carbocycles. The largest absolute Gasteiger partial charge is 0.417 e. The van der Waals surface area contributed by atoms with Crippen molar-refractivity contribution >= 4 is 11.0 Å². The predicted octanol–water partition coefficient (Wildman–Crippen LogP) is 5.10. The van der Waals surface area contributed by atoms with Gasteiger partial charge in [-0.2, -0.15) is 23.4 Å². The number of nitrogens with zero attached hydrogens (tertiary/aromatic N) is 5. The number of halogens is 4. The van der Waals surface area contributed by atoms with Crippen LogP contribution >= 0.6 is 0 Å². The maximum atomic E-state index is 14.0. The van der Waals surface area contributed by atoms with E-state index in [1.165, 1.54) is 33.6 Å². The third kappa shape index (κ3) is 3.37. The quantitative estimate of drug-likeness (QED) is 0.447. The van der Waals surface area contributed by atoms with Gasteiger partial charge in [-0.05, 0) is 42.3 Å². The number of aromatic nitrogens is 5. The highest BCUT2D eigenvalue weighted by atomic mass is 19.4. The van der Waals surface area contributed by atoms with E-state index in [0.717, 1.165) is 6.07 Å². The van der Waals surface area contributed by atoms with Crippen molar-refractivity contribution < 1.29 is 17.6 Å². The molecule has 0 spiro atoms. The second kappa shape index (κ2) is 6.68. The Balaban J connectivity index is 2.10. The highest BCUT2D eigenvalue weighted by Crippen LogP contribution is 2.40. The second-order valence-electron chi connectivity index (χ2n) is 7.05. The van der Waals surface area contributed by atoms with Crippen LogP contribution in [0.5, 0.6) is 0 Å². The van der Waals surface area contributed by atoms with Crippen LogP contribution in [0, 0.1) is 5.82 Å². The molecule has 0 fully saturated rings. The van der Waals surface area contributed by atoms with E-state index in [9.17, 15) is 17.6 Å². The van der Waals surface area contributed by atoms with Gasteiger partial charge in [-0.1, -0.05) is 13.8 Å². The molecular formula is C20H17F4N5. The Morgan fingerprint density at radius 2 is 1.66 bits per heavy atom. The average Bonchev–Trinajstić information content (AvgIpc) is 3.24. The molecule has 0 bridgehead atoms. The Morgan fingerprint density at radius 1 is 0.966 bits per heavy atom. The summed E-state index contributed by atoms with van der Waals surface area (Å²) in [4.78, 5) is 4.47. The van der Waals surface area contributed by atoms with Gasteiger partial charge >= 0.3 is 6.18 Å². The molecule has 0 saturated heterocycles. The summed E-state index contributed by atoms with van der Waals surface area (Å²) in [5, 5.41) is 8.52. The van der Waals surface area contributed by atoms with Gasteiger partial charge in [0.2, 0.25) is 0 Å². The predicted molar refractivity (Wildman–Crippen MR) is 100 cm³/mol. The Morgan fingerprint density at radius 3 is 2.21 bits per heavy atom. The van der Waals surface area contributed by atoms with E-state index >= 15 is 0 Å². The van der Waals surface area contributed by atoms with Crippen molar-refractivity contribution in [2.45, 2.75) is 25.9 Å². The van der Waals surface area contributed by atoms with Gasteiger partial charge in [0.1, 0.15) is 11.5 Å².